The van der Waals surface area contributed by atoms with Gasteiger partial charge in [-0.2, -0.15) is 5.10 Å². The Morgan fingerprint density at radius 2 is 1.87 bits per heavy atom. The molecular formula is C28H33N7O4. The first-order chi connectivity index (χ1) is 19.1. The number of aromatic nitrogens is 4. The number of aryl methyl sites for hydroxylation is 1. The number of likely N-dealkylation sites (tertiary alicyclic amines) is 1. The van der Waals surface area contributed by atoms with Crippen LogP contribution in [0.4, 0.5) is 0 Å². The standard InChI is InChI=1S/C28H33N7O4/c36-26(6-2-13-35-20-30-19-32-35)33-12-3-9-31-27(37)25-18-34(28(38)21-7-10-29-11-8-21)17-24(25)22-4-1-5-23(16-22)39-15-14-33/h1,4-5,7-8,10-11,16,19-20,24-25H,2-3,6,9,12-15,17-18H2,(H,31,37)/t24-,25+/m1/s1. The quantitative estimate of drug-likeness (QED) is 0.532. The number of fused-ring (bicyclic) bond motifs is 4. The van der Waals surface area contributed by atoms with E-state index < -0.39 is 0 Å². The van der Waals surface area contributed by atoms with Crippen LogP contribution in [0, 0.1) is 5.92 Å². The van der Waals surface area contributed by atoms with E-state index in [4.69, 9.17) is 4.74 Å². The molecule has 3 aromatic rings. The van der Waals surface area contributed by atoms with Crippen molar-refractivity contribution in [1.82, 2.24) is 34.9 Å². The second-order valence-electron chi connectivity index (χ2n) is 9.87. The van der Waals surface area contributed by atoms with Crippen LogP contribution in [0.2, 0.25) is 0 Å². The van der Waals surface area contributed by atoms with E-state index in [1.807, 2.05) is 24.3 Å². The number of rotatable bonds is 5. The van der Waals surface area contributed by atoms with E-state index >= 15 is 0 Å². The van der Waals surface area contributed by atoms with Gasteiger partial charge in [-0.25, -0.2) is 4.98 Å². The van der Waals surface area contributed by atoms with Gasteiger partial charge in [0.1, 0.15) is 25.0 Å². The maximum absolute atomic E-state index is 13.4. The largest absolute Gasteiger partial charge is 0.492 e. The molecule has 0 spiro atoms. The van der Waals surface area contributed by atoms with Gasteiger partial charge in [0, 0.05) is 63.0 Å². The number of amides is 3. The van der Waals surface area contributed by atoms with E-state index in [-0.39, 0.29) is 29.6 Å². The van der Waals surface area contributed by atoms with Gasteiger partial charge in [0.25, 0.3) is 5.91 Å². The van der Waals surface area contributed by atoms with E-state index in [0.717, 1.165) is 5.56 Å². The van der Waals surface area contributed by atoms with E-state index in [9.17, 15) is 14.4 Å². The molecule has 1 aromatic carbocycles. The highest BCUT2D eigenvalue weighted by Crippen LogP contribution is 2.35. The minimum atomic E-state index is -0.386. The summed E-state index contributed by atoms with van der Waals surface area (Å²) in [6, 6.07) is 11.1. The molecule has 2 aliphatic rings. The predicted octanol–water partition coefficient (Wildman–Crippen LogP) is 1.74. The molecule has 2 atom stereocenters. The second kappa shape index (κ2) is 12.5. The smallest absolute Gasteiger partial charge is 0.254 e. The van der Waals surface area contributed by atoms with Crippen LogP contribution in [0.1, 0.15) is 41.1 Å². The average molecular weight is 532 g/mol. The third kappa shape index (κ3) is 6.60. The van der Waals surface area contributed by atoms with Crippen LogP contribution in [0.25, 0.3) is 0 Å². The zero-order valence-electron chi connectivity index (χ0n) is 21.8. The lowest BCUT2D eigenvalue weighted by Crippen LogP contribution is -2.39. The Morgan fingerprint density at radius 3 is 2.69 bits per heavy atom. The Balaban J connectivity index is 1.27. The number of ether oxygens (including phenoxy) is 1. The molecule has 3 amide bonds. The molecule has 5 rings (SSSR count). The van der Waals surface area contributed by atoms with Crippen molar-refractivity contribution in [2.75, 3.05) is 39.3 Å². The molecule has 4 heterocycles. The number of carbonyl (C=O) groups excluding carboxylic acids is 3. The average Bonchev–Trinajstić information content (AvgIpc) is 3.65. The van der Waals surface area contributed by atoms with Crippen molar-refractivity contribution in [2.24, 2.45) is 5.92 Å². The van der Waals surface area contributed by atoms with E-state index in [2.05, 4.69) is 20.4 Å². The van der Waals surface area contributed by atoms with Crippen LogP contribution in [-0.2, 0) is 16.1 Å². The second-order valence-corrected chi connectivity index (χ2v) is 9.87. The highest BCUT2D eigenvalue weighted by atomic mass is 16.5. The molecule has 11 nitrogen and oxygen atoms in total. The third-order valence-electron chi connectivity index (χ3n) is 7.29. The first kappa shape index (κ1) is 26.3. The number of carbonyl (C=O) groups is 3. The topological polar surface area (TPSA) is 123 Å². The lowest BCUT2D eigenvalue weighted by molar-refractivity contribution is -0.131. The molecule has 1 saturated heterocycles. The summed E-state index contributed by atoms with van der Waals surface area (Å²) in [7, 11) is 0. The van der Waals surface area contributed by atoms with Crippen molar-refractivity contribution in [1.29, 1.82) is 0 Å². The number of pyridine rings is 1. The van der Waals surface area contributed by atoms with Crippen LogP contribution in [0.15, 0.2) is 61.4 Å². The Bertz CT molecular complexity index is 1270. The fourth-order valence-electron chi connectivity index (χ4n) is 5.23. The minimum Gasteiger partial charge on any atom is -0.492 e. The van der Waals surface area contributed by atoms with Crippen LogP contribution in [0.5, 0.6) is 5.75 Å². The van der Waals surface area contributed by atoms with Crippen LogP contribution in [-0.4, -0.2) is 86.6 Å². The molecule has 2 bridgehead atoms. The summed E-state index contributed by atoms with van der Waals surface area (Å²) in [4.78, 5) is 51.0. The summed E-state index contributed by atoms with van der Waals surface area (Å²) in [5, 5.41) is 7.14. The Kier molecular flexibility index (Phi) is 8.45. The normalized spacial score (nSPS) is 19.9. The number of nitrogens with one attached hydrogen (secondary N) is 1. The van der Waals surface area contributed by atoms with Gasteiger partial charge in [0.05, 0.1) is 12.5 Å². The molecule has 0 unspecified atom stereocenters. The fourth-order valence-corrected chi connectivity index (χ4v) is 5.23. The maximum atomic E-state index is 13.4. The number of hydrogen-bond acceptors (Lipinski definition) is 7. The minimum absolute atomic E-state index is 0.0482. The van der Waals surface area contributed by atoms with Gasteiger partial charge >= 0.3 is 0 Å². The molecule has 1 N–H and O–H groups in total. The van der Waals surface area contributed by atoms with Crippen LogP contribution in [0.3, 0.4) is 0 Å². The van der Waals surface area contributed by atoms with Gasteiger partial charge in [-0.15, -0.1) is 0 Å². The molecular weight excluding hydrogens is 498 g/mol. The molecule has 11 heteroatoms. The van der Waals surface area contributed by atoms with Gasteiger partial charge in [-0.1, -0.05) is 12.1 Å². The Morgan fingerprint density at radius 1 is 1.03 bits per heavy atom. The summed E-state index contributed by atoms with van der Waals surface area (Å²) in [5.74, 6) is 0.00201. The van der Waals surface area contributed by atoms with Gasteiger partial charge in [-0.3, -0.25) is 24.0 Å². The zero-order chi connectivity index (χ0) is 27.0. The molecule has 204 valence electrons. The van der Waals surface area contributed by atoms with Crippen molar-refractivity contribution in [3.05, 3.63) is 72.6 Å². The van der Waals surface area contributed by atoms with Crippen molar-refractivity contribution in [3.8, 4) is 5.75 Å². The summed E-state index contributed by atoms with van der Waals surface area (Å²) < 4.78 is 7.76. The van der Waals surface area contributed by atoms with Crippen LogP contribution < -0.4 is 10.1 Å². The van der Waals surface area contributed by atoms with Crippen molar-refractivity contribution >= 4 is 17.7 Å². The fraction of sp³-hybridized carbons (Fsp3) is 0.429. The summed E-state index contributed by atoms with van der Waals surface area (Å²) >= 11 is 0. The SMILES string of the molecule is O=C1NCCCN(C(=O)CCCn2cncn2)CCOc2cccc(c2)[C@H]2CN(C(=O)c3ccncc3)C[C@H]12. The van der Waals surface area contributed by atoms with Gasteiger partial charge in [0.15, 0.2) is 0 Å². The van der Waals surface area contributed by atoms with E-state index in [1.54, 1.807) is 45.3 Å². The molecule has 0 aliphatic carbocycles. The lowest BCUT2D eigenvalue weighted by Gasteiger charge is -2.24. The maximum Gasteiger partial charge on any atom is 0.254 e. The van der Waals surface area contributed by atoms with Gasteiger partial charge < -0.3 is 19.9 Å². The first-order valence-electron chi connectivity index (χ1n) is 13.4. The highest BCUT2D eigenvalue weighted by Gasteiger charge is 2.40. The molecule has 0 radical (unpaired) electrons. The van der Waals surface area contributed by atoms with Gasteiger partial charge in [-0.05, 0) is 42.7 Å². The molecule has 39 heavy (non-hydrogen) atoms. The van der Waals surface area contributed by atoms with Crippen molar-refractivity contribution in [3.63, 3.8) is 0 Å². The summed E-state index contributed by atoms with van der Waals surface area (Å²) in [6.45, 7) is 3.20. The van der Waals surface area contributed by atoms with Crippen LogP contribution >= 0.6 is 0 Å². The number of hydrogen-bond donors (Lipinski definition) is 1. The highest BCUT2D eigenvalue weighted by molar-refractivity contribution is 5.95. The third-order valence-corrected chi connectivity index (χ3v) is 7.29. The monoisotopic (exact) mass is 531 g/mol. The molecule has 2 aromatic heterocycles. The molecule has 2 aliphatic heterocycles. The summed E-state index contributed by atoms with van der Waals surface area (Å²) in [6.07, 6.45) is 8.00. The van der Waals surface area contributed by atoms with Crippen molar-refractivity contribution in [2.45, 2.75) is 31.7 Å². The summed E-state index contributed by atoms with van der Waals surface area (Å²) in [5.41, 5.74) is 1.51. The molecule has 1 fully saturated rings. The number of nitrogens with zero attached hydrogens (tertiary/aromatic N) is 6. The Hall–Kier alpha value is -4.28. The lowest BCUT2D eigenvalue weighted by atomic mass is 9.88. The van der Waals surface area contributed by atoms with Crippen molar-refractivity contribution < 1.29 is 19.1 Å². The van der Waals surface area contributed by atoms with E-state index in [1.165, 1.54) is 6.33 Å². The first-order valence-corrected chi connectivity index (χ1v) is 13.4. The zero-order valence-corrected chi connectivity index (χ0v) is 21.8. The number of benzene rings is 1. The van der Waals surface area contributed by atoms with E-state index in [0.29, 0.717) is 76.5 Å². The van der Waals surface area contributed by atoms with Gasteiger partial charge in [0.2, 0.25) is 11.8 Å². The predicted molar refractivity (Wildman–Crippen MR) is 142 cm³/mol. The Labute approximate surface area is 227 Å². The molecule has 0 saturated carbocycles.